The van der Waals surface area contributed by atoms with Crippen LogP contribution in [0.5, 0.6) is 5.75 Å². The first-order valence-corrected chi connectivity index (χ1v) is 9.33. The van der Waals surface area contributed by atoms with Crippen LogP contribution < -0.4 is 4.74 Å². The summed E-state index contributed by atoms with van der Waals surface area (Å²) in [5, 5.41) is 10.6. The Labute approximate surface area is 177 Å². The molecular formula is C22H13Cl3FNO. The number of hydrogen-bond donors (Lipinski definition) is 0. The van der Waals surface area contributed by atoms with E-state index in [9.17, 15) is 9.65 Å². The van der Waals surface area contributed by atoms with Gasteiger partial charge in [-0.25, -0.2) is 4.39 Å². The highest BCUT2D eigenvalue weighted by Crippen LogP contribution is 2.36. The fourth-order valence-corrected chi connectivity index (χ4v) is 3.30. The van der Waals surface area contributed by atoms with Crippen molar-refractivity contribution >= 4 is 46.5 Å². The average Bonchev–Trinajstić information content (AvgIpc) is 2.66. The number of benzene rings is 3. The quantitative estimate of drug-likeness (QED) is 0.310. The largest absolute Gasteiger partial charge is 0.486 e. The van der Waals surface area contributed by atoms with Gasteiger partial charge >= 0.3 is 0 Å². The van der Waals surface area contributed by atoms with Gasteiger partial charge in [0.15, 0.2) is 5.75 Å². The lowest BCUT2D eigenvalue weighted by molar-refractivity contribution is 0.306. The van der Waals surface area contributed by atoms with Crippen molar-refractivity contribution in [1.29, 1.82) is 5.26 Å². The standard InChI is InChI=1S/C22H13Cl3FNO/c23-18-6-4-16(5-7-18)17(12-27)8-15-10-20(24)22(21(25)11-15)28-13-14-2-1-3-19(26)9-14/h1-11H,13H2/b17-8+. The van der Waals surface area contributed by atoms with Gasteiger partial charge in [-0.05, 0) is 59.2 Å². The number of hydrogen-bond acceptors (Lipinski definition) is 2. The third-order valence-electron chi connectivity index (χ3n) is 3.88. The van der Waals surface area contributed by atoms with Crippen LogP contribution >= 0.6 is 34.8 Å². The van der Waals surface area contributed by atoms with Crippen molar-refractivity contribution in [1.82, 2.24) is 0 Å². The minimum Gasteiger partial charge on any atom is -0.486 e. The molecule has 0 N–H and O–H groups in total. The first-order chi connectivity index (χ1) is 13.5. The Morgan fingerprint density at radius 3 is 2.29 bits per heavy atom. The highest BCUT2D eigenvalue weighted by molar-refractivity contribution is 6.37. The van der Waals surface area contributed by atoms with Crippen molar-refractivity contribution in [3.05, 3.63) is 98.2 Å². The summed E-state index contributed by atoms with van der Waals surface area (Å²) in [6.45, 7) is 0.126. The lowest BCUT2D eigenvalue weighted by Gasteiger charge is -2.11. The van der Waals surface area contributed by atoms with Crippen LogP contribution in [0, 0.1) is 17.1 Å². The lowest BCUT2D eigenvalue weighted by Crippen LogP contribution is -1.97. The third-order valence-corrected chi connectivity index (χ3v) is 4.69. The van der Waals surface area contributed by atoms with Crippen molar-refractivity contribution in [2.75, 3.05) is 0 Å². The molecular weight excluding hydrogens is 420 g/mol. The predicted molar refractivity (Wildman–Crippen MR) is 112 cm³/mol. The third kappa shape index (κ3) is 5.05. The van der Waals surface area contributed by atoms with E-state index in [0.717, 1.165) is 5.56 Å². The second-order valence-corrected chi connectivity index (χ2v) is 7.16. The van der Waals surface area contributed by atoms with E-state index in [1.165, 1.54) is 12.1 Å². The van der Waals surface area contributed by atoms with Crippen molar-refractivity contribution in [2.45, 2.75) is 6.61 Å². The molecule has 3 aromatic carbocycles. The molecule has 0 radical (unpaired) electrons. The van der Waals surface area contributed by atoms with Crippen LogP contribution in [0.3, 0.4) is 0 Å². The lowest BCUT2D eigenvalue weighted by atomic mass is 10.0. The van der Waals surface area contributed by atoms with E-state index >= 15 is 0 Å². The average molecular weight is 433 g/mol. The number of halogens is 4. The molecule has 0 aliphatic carbocycles. The van der Waals surface area contributed by atoms with Crippen molar-refractivity contribution in [2.24, 2.45) is 0 Å². The predicted octanol–water partition coefficient (Wildman–Crippen LogP) is 7.43. The first-order valence-electron chi connectivity index (χ1n) is 8.20. The Morgan fingerprint density at radius 2 is 1.68 bits per heavy atom. The summed E-state index contributed by atoms with van der Waals surface area (Å²) in [7, 11) is 0. The minimum absolute atomic E-state index is 0.126. The zero-order valence-corrected chi connectivity index (χ0v) is 16.7. The number of allylic oxidation sites excluding steroid dienone is 1. The Balaban J connectivity index is 1.84. The Bertz CT molecular complexity index is 1050. The molecule has 0 unspecified atom stereocenters. The first kappa shape index (κ1) is 20.2. The van der Waals surface area contributed by atoms with Gasteiger partial charge in [-0.1, -0.05) is 59.1 Å². The summed E-state index contributed by atoms with van der Waals surface area (Å²) in [6, 6.07) is 18.5. The highest BCUT2D eigenvalue weighted by atomic mass is 35.5. The van der Waals surface area contributed by atoms with Gasteiger partial charge in [-0.2, -0.15) is 5.26 Å². The van der Waals surface area contributed by atoms with Crippen LogP contribution in [0.1, 0.15) is 16.7 Å². The van der Waals surface area contributed by atoms with Gasteiger partial charge < -0.3 is 4.74 Å². The summed E-state index contributed by atoms with van der Waals surface area (Å²) in [5.41, 5.74) is 2.48. The van der Waals surface area contributed by atoms with E-state index in [4.69, 9.17) is 39.5 Å². The monoisotopic (exact) mass is 431 g/mol. The van der Waals surface area contributed by atoms with Gasteiger partial charge in [0.1, 0.15) is 12.4 Å². The molecule has 0 aromatic heterocycles. The normalized spacial score (nSPS) is 11.2. The molecule has 6 heteroatoms. The molecule has 0 amide bonds. The van der Waals surface area contributed by atoms with E-state index in [0.29, 0.717) is 37.5 Å². The van der Waals surface area contributed by atoms with Crippen LogP contribution in [0.2, 0.25) is 15.1 Å². The SMILES string of the molecule is N#C/C(=C\c1cc(Cl)c(OCc2cccc(F)c2)c(Cl)c1)c1ccc(Cl)cc1. The smallest absolute Gasteiger partial charge is 0.157 e. The maximum Gasteiger partial charge on any atom is 0.157 e. The van der Waals surface area contributed by atoms with Gasteiger partial charge in [0.25, 0.3) is 0 Å². The molecule has 0 saturated heterocycles. The van der Waals surface area contributed by atoms with E-state index in [-0.39, 0.29) is 12.4 Å². The maximum atomic E-state index is 13.3. The zero-order chi connectivity index (χ0) is 20.1. The van der Waals surface area contributed by atoms with Gasteiger partial charge in [0, 0.05) is 5.02 Å². The van der Waals surface area contributed by atoms with Crippen LogP contribution in [-0.2, 0) is 6.61 Å². The van der Waals surface area contributed by atoms with Crippen LogP contribution in [0.4, 0.5) is 4.39 Å². The summed E-state index contributed by atoms with van der Waals surface area (Å²) < 4.78 is 18.9. The Morgan fingerprint density at radius 1 is 1.00 bits per heavy atom. The molecule has 3 rings (SSSR count). The molecule has 0 atom stereocenters. The number of rotatable bonds is 5. The number of nitriles is 1. The fraction of sp³-hybridized carbons (Fsp3) is 0.0455. The topological polar surface area (TPSA) is 33.0 Å². The van der Waals surface area contributed by atoms with Crippen molar-refractivity contribution in [3.8, 4) is 11.8 Å². The second-order valence-electron chi connectivity index (χ2n) is 5.91. The maximum absolute atomic E-state index is 13.3. The van der Waals surface area contributed by atoms with E-state index in [2.05, 4.69) is 6.07 Å². The molecule has 0 bridgehead atoms. The second kappa shape index (κ2) is 9.12. The number of ether oxygens (including phenoxy) is 1. The molecule has 2 nitrogen and oxygen atoms in total. The Kier molecular flexibility index (Phi) is 6.59. The van der Waals surface area contributed by atoms with Gasteiger partial charge in [-0.3, -0.25) is 0 Å². The molecule has 0 saturated carbocycles. The summed E-state index contributed by atoms with van der Waals surface area (Å²) in [6.07, 6.45) is 1.68. The summed E-state index contributed by atoms with van der Waals surface area (Å²) in [5.74, 6) is -0.0419. The zero-order valence-electron chi connectivity index (χ0n) is 14.4. The summed E-state index contributed by atoms with van der Waals surface area (Å²) >= 11 is 18.5. The molecule has 140 valence electrons. The van der Waals surface area contributed by atoms with Crippen LogP contribution in [0.15, 0.2) is 60.7 Å². The molecule has 0 aliphatic rings. The molecule has 3 aromatic rings. The van der Waals surface area contributed by atoms with Crippen molar-refractivity contribution < 1.29 is 9.13 Å². The molecule has 0 heterocycles. The summed E-state index contributed by atoms with van der Waals surface area (Å²) in [4.78, 5) is 0. The fourth-order valence-electron chi connectivity index (χ4n) is 2.56. The van der Waals surface area contributed by atoms with Crippen LogP contribution in [0.25, 0.3) is 11.6 Å². The van der Waals surface area contributed by atoms with Crippen LogP contribution in [-0.4, -0.2) is 0 Å². The highest BCUT2D eigenvalue weighted by Gasteiger charge is 2.11. The Hall–Kier alpha value is -2.51. The van der Waals surface area contributed by atoms with Crippen molar-refractivity contribution in [3.63, 3.8) is 0 Å². The number of nitrogens with zero attached hydrogens (tertiary/aromatic N) is 1. The van der Waals surface area contributed by atoms with E-state index in [1.54, 1.807) is 54.6 Å². The minimum atomic E-state index is -0.343. The molecule has 0 aliphatic heterocycles. The van der Waals surface area contributed by atoms with Gasteiger partial charge in [0.2, 0.25) is 0 Å². The molecule has 0 spiro atoms. The van der Waals surface area contributed by atoms with E-state index in [1.807, 2.05) is 0 Å². The van der Waals surface area contributed by atoms with Gasteiger partial charge in [0.05, 0.1) is 21.7 Å². The molecule has 28 heavy (non-hydrogen) atoms. The molecule has 0 fully saturated rings. The van der Waals surface area contributed by atoms with Gasteiger partial charge in [-0.15, -0.1) is 0 Å². The van der Waals surface area contributed by atoms with E-state index < -0.39 is 0 Å².